The minimum atomic E-state index is -0.791. The van der Waals surface area contributed by atoms with E-state index in [1.165, 1.54) is 18.2 Å². The largest absolute Gasteiger partial charge is 0.493 e. The second kappa shape index (κ2) is 21.5. The van der Waals surface area contributed by atoms with Crippen LogP contribution in [0.5, 0.6) is 23.0 Å². The smallest absolute Gasteiger partial charge is 0.346 e. The number of unbranched alkanes of at least 4 members (excludes halogenated alkanes) is 6. The lowest BCUT2D eigenvalue weighted by atomic mass is 9.90. The van der Waals surface area contributed by atoms with Gasteiger partial charge in [-0.15, -0.1) is 0 Å². The molecule has 12 heteroatoms. The van der Waals surface area contributed by atoms with Gasteiger partial charge in [0.2, 0.25) is 0 Å². The van der Waals surface area contributed by atoms with Gasteiger partial charge in [-0.3, -0.25) is 0 Å². The molecule has 0 aromatic heterocycles. The summed E-state index contributed by atoms with van der Waals surface area (Å²) >= 11 is 0. The minimum Gasteiger partial charge on any atom is -0.493 e. The topological polar surface area (TPSA) is 100 Å². The first-order chi connectivity index (χ1) is 29.7. The van der Waals surface area contributed by atoms with Crippen LogP contribution >= 0.6 is 0 Å². The first-order valence-corrected chi connectivity index (χ1v) is 21.6. The zero-order chi connectivity index (χ0) is 42.5. The highest BCUT2D eigenvalue weighted by molar-refractivity contribution is 5.91. The van der Waals surface area contributed by atoms with Gasteiger partial charge in [0.15, 0.2) is 5.75 Å². The fourth-order valence-electron chi connectivity index (χ4n) is 7.49. The van der Waals surface area contributed by atoms with Crippen LogP contribution in [0.3, 0.4) is 0 Å². The summed E-state index contributed by atoms with van der Waals surface area (Å²) in [4.78, 5) is 23.9. The summed E-state index contributed by atoms with van der Waals surface area (Å²) in [6, 6.07) is 19.9. The fourth-order valence-corrected chi connectivity index (χ4v) is 7.49. The minimum absolute atomic E-state index is 0.0870. The molecular weight excluding hydrogens is 787 g/mol. The molecule has 4 aromatic carbocycles. The van der Waals surface area contributed by atoms with Crippen LogP contribution in [0.15, 0.2) is 72.8 Å². The lowest BCUT2D eigenvalue weighted by molar-refractivity contribution is -0.218. The van der Waals surface area contributed by atoms with E-state index in [1.54, 1.807) is 36.4 Å². The van der Waals surface area contributed by atoms with Crippen LogP contribution in [0, 0.1) is 22.5 Å². The number of fused-ring (bicyclic) bond motifs is 3. The van der Waals surface area contributed by atoms with Gasteiger partial charge in [-0.2, -0.15) is 4.89 Å². The number of hydrogen-bond acceptors (Lipinski definition) is 10. The van der Waals surface area contributed by atoms with Crippen LogP contribution in [-0.4, -0.2) is 72.0 Å². The van der Waals surface area contributed by atoms with Gasteiger partial charge in [0.05, 0.1) is 58.4 Å². The molecule has 1 aliphatic carbocycles. The third kappa shape index (κ3) is 12.7. The summed E-state index contributed by atoms with van der Waals surface area (Å²) < 4.78 is 69.0. The van der Waals surface area contributed by atoms with E-state index >= 15 is 0 Å². The highest BCUT2D eigenvalue weighted by Crippen LogP contribution is 2.40. The van der Waals surface area contributed by atoms with Gasteiger partial charge in [-0.05, 0) is 116 Å². The van der Waals surface area contributed by atoms with Gasteiger partial charge >= 0.3 is 5.97 Å². The van der Waals surface area contributed by atoms with Crippen molar-refractivity contribution in [2.75, 3.05) is 66.1 Å². The highest BCUT2D eigenvalue weighted by atomic mass is 19.1. The highest BCUT2D eigenvalue weighted by Gasteiger charge is 2.34. The number of esters is 1. The van der Waals surface area contributed by atoms with Crippen molar-refractivity contribution < 1.29 is 56.5 Å². The molecule has 0 amide bonds. The Hall–Kier alpha value is -4.59. The molecule has 2 aliphatic heterocycles. The average Bonchev–Trinajstić information content (AvgIpc) is 3.58. The first kappa shape index (κ1) is 44.5. The molecule has 7 rings (SSSR count). The third-order valence-electron chi connectivity index (χ3n) is 11.2. The molecule has 3 aliphatic rings. The molecule has 0 unspecified atom stereocenters. The van der Waals surface area contributed by atoms with Crippen molar-refractivity contribution in [3.05, 3.63) is 107 Å². The third-order valence-corrected chi connectivity index (χ3v) is 11.2. The molecule has 10 nitrogen and oxygen atoms in total. The predicted octanol–water partition coefficient (Wildman–Crippen LogP) is 10.3. The van der Waals surface area contributed by atoms with E-state index in [-0.39, 0.29) is 23.0 Å². The van der Waals surface area contributed by atoms with E-state index in [0.29, 0.717) is 48.2 Å². The molecule has 2 heterocycles. The Labute approximate surface area is 357 Å². The summed E-state index contributed by atoms with van der Waals surface area (Å²) in [7, 11) is 0. The maximum Gasteiger partial charge on any atom is 0.346 e. The number of halogens is 2. The first-order valence-electron chi connectivity index (χ1n) is 21.6. The Morgan fingerprint density at radius 3 is 1.64 bits per heavy atom. The molecule has 0 saturated carbocycles. The van der Waals surface area contributed by atoms with Crippen molar-refractivity contribution in [3.63, 3.8) is 0 Å². The Balaban J connectivity index is 0.778. The monoisotopic (exact) mass is 844 g/mol. The van der Waals surface area contributed by atoms with E-state index in [0.717, 1.165) is 126 Å². The van der Waals surface area contributed by atoms with Gasteiger partial charge < -0.3 is 38.0 Å². The maximum absolute atomic E-state index is 15.0. The fraction of sp³-hybridized carbons (Fsp3) is 0.490. The average molecular weight is 845 g/mol. The zero-order valence-electron chi connectivity index (χ0n) is 35.4. The Morgan fingerprint density at radius 2 is 1.10 bits per heavy atom. The van der Waals surface area contributed by atoms with Crippen molar-refractivity contribution in [1.82, 2.24) is 0 Å². The Bertz CT molecular complexity index is 2060. The molecule has 2 saturated heterocycles. The van der Waals surface area contributed by atoms with Gasteiger partial charge in [0, 0.05) is 41.7 Å². The number of benzene rings is 4. The van der Waals surface area contributed by atoms with Crippen LogP contribution in [-0.2, 0) is 36.9 Å². The SMILES string of the molecule is CC1(COCCCCCCOc2ccc(COOc3ccc4c(c3)Cc3cc(OC(=O)c5ccc(OCCCCCCOCC6(C)COC6)cc5F)ccc3-4)c(F)c2)COC1. The zero-order valence-corrected chi connectivity index (χ0v) is 35.4. The summed E-state index contributed by atoms with van der Waals surface area (Å²) in [6.07, 6.45) is 8.37. The van der Waals surface area contributed by atoms with Crippen LogP contribution in [0.25, 0.3) is 11.1 Å². The lowest BCUT2D eigenvalue weighted by Crippen LogP contribution is -2.43. The van der Waals surface area contributed by atoms with Gasteiger partial charge in [-0.1, -0.05) is 38.8 Å². The molecule has 61 heavy (non-hydrogen) atoms. The Morgan fingerprint density at radius 1 is 0.590 bits per heavy atom. The lowest BCUT2D eigenvalue weighted by Gasteiger charge is -2.37. The molecule has 4 aromatic rings. The van der Waals surface area contributed by atoms with Gasteiger partial charge in [-0.25, -0.2) is 13.6 Å². The van der Waals surface area contributed by atoms with Crippen molar-refractivity contribution >= 4 is 5.97 Å². The number of carbonyl (C=O) groups excluding carboxylic acids is 1. The van der Waals surface area contributed by atoms with Crippen LogP contribution in [0.1, 0.15) is 92.3 Å². The number of hydrogen-bond donors (Lipinski definition) is 0. The Kier molecular flexibility index (Phi) is 15.7. The van der Waals surface area contributed by atoms with E-state index < -0.39 is 17.6 Å². The van der Waals surface area contributed by atoms with Gasteiger partial charge in [0.25, 0.3) is 0 Å². The molecule has 0 spiro atoms. The molecule has 2 fully saturated rings. The summed E-state index contributed by atoms with van der Waals surface area (Å²) in [5.74, 6) is -0.303. The van der Waals surface area contributed by atoms with Crippen molar-refractivity contribution in [1.29, 1.82) is 0 Å². The van der Waals surface area contributed by atoms with E-state index in [9.17, 15) is 13.6 Å². The van der Waals surface area contributed by atoms with E-state index in [2.05, 4.69) is 13.8 Å². The van der Waals surface area contributed by atoms with Gasteiger partial charge in [0.1, 0.15) is 35.5 Å². The van der Waals surface area contributed by atoms with Crippen LogP contribution in [0.4, 0.5) is 8.78 Å². The summed E-state index contributed by atoms with van der Waals surface area (Å²) in [6.45, 7) is 11.3. The molecular formula is C49H58F2O10. The second-order valence-electron chi connectivity index (χ2n) is 17.2. The number of carbonyl (C=O) groups is 1. The number of rotatable bonds is 26. The molecule has 0 N–H and O–H groups in total. The van der Waals surface area contributed by atoms with Crippen molar-refractivity contribution in [3.8, 4) is 34.1 Å². The van der Waals surface area contributed by atoms with Crippen LogP contribution in [0.2, 0.25) is 0 Å². The molecule has 0 radical (unpaired) electrons. The molecule has 328 valence electrons. The summed E-state index contributed by atoms with van der Waals surface area (Å²) in [5.41, 5.74) is 4.49. The van der Waals surface area contributed by atoms with E-state index in [1.807, 2.05) is 18.2 Å². The second-order valence-corrected chi connectivity index (χ2v) is 17.2. The summed E-state index contributed by atoms with van der Waals surface area (Å²) in [5, 5.41) is 0. The molecule has 0 atom stereocenters. The normalized spacial score (nSPS) is 15.6. The van der Waals surface area contributed by atoms with Crippen molar-refractivity contribution in [2.45, 2.75) is 78.2 Å². The quantitative estimate of drug-likeness (QED) is 0.0176. The molecule has 0 bridgehead atoms. The predicted molar refractivity (Wildman–Crippen MR) is 225 cm³/mol. The standard InChI is InChI=1S/C49H58F2O10/c1-48(31-55-32-48)29-53-19-7-3-5-9-21-57-38-12-11-35(45(50)26-38)28-59-61-41-15-17-43-37(25-41)23-36-24-40(14-16-42(36)43)60-47(52)44-18-13-39(27-46(44)51)58-22-10-6-4-8-20-54-30-49(2)33-56-34-49/h11-18,24-27H,3-10,19-23,28-34H2,1-2H3. The maximum atomic E-state index is 15.0. The van der Waals surface area contributed by atoms with Crippen LogP contribution < -0.4 is 19.1 Å². The van der Waals surface area contributed by atoms with E-state index in [4.69, 9.17) is 42.9 Å². The number of ether oxygens (including phenoxy) is 7. The van der Waals surface area contributed by atoms with Crippen molar-refractivity contribution in [2.24, 2.45) is 10.8 Å².